The Labute approximate surface area is 164 Å². The van der Waals surface area contributed by atoms with E-state index in [1.165, 1.54) is 36.4 Å². The highest BCUT2D eigenvalue weighted by atomic mass is 32.2. The van der Waals surface area contributed by atoms with Crippen molar-refractivity contribution >= 4 is 33.4 Å². The Bertz CT molecular complexity index is 757. The van der Waals surface area contributed by atoms with Gasteiger partial charge in [0.2, 0.25) is 15.9 Å². The van der Waals surface area contributed by atoms with Crippen LogP contribution in [-0.2, 0) is 19.6 Å². The topological polar surface area (TPSA) is 84.9 Å². The zero-order valence-electron chi connectivity index (χ0n) is 15.5. The molecule has 0 atom stereocenters. The van der Waals surface area contributed by atoms with E-state index in [1.807, 2.05) is 0 Å². The summed E-state index contributed by atoms with van der Waals surface area (Å²) in [7, 11) is -2.13. The first-order chi connectivity index (χ1) is 13.0. The lowest BCUT2D eigenvalue weighted by molar-refractivity contribution is -0.113. The van der Waals surface area contributed by atoms with Crippen molar-refractivity contribution in [3.8, 4) is 5.75 Å². The van der Waals surface area contributed by atoms with Crippen molar-refractivity contribution in [2.75, 3.05) is 44.5 Å². The number of amides is 1. The minimum atomic E-state index is -3.63. The molecule has 0 radical (unpaired) electrons. The molecule has 1 heterocycles. The Balaban J connectivity index is 1.71. The lowest BCUT2D eigenvalue weighted by Gasteiger charge is -2.26. The zero-order chi connectivity index (χ0) is 19.3. The van der Waals surface area contributed by atoms with Crippen molar-refractivity contribution in [3.63, 3.8) is 0 Å². The predicted molar refractivity (Wildman–Crippen MR) is 106 cm³/mol. The van der Waals surface area contributed by atoms with Crippen LogP contribution in [0.3, 0.4) is 0 Å². The maximum atomic E-state index is 12.8. The molecule has 9 heteroatoms. The van der Waals surface area contributed by atoms with Crippen molar-refractivity contribution in [3.05, 3.63) is 18.2 Å². The van der Waals surface area contributed by atoms with Crippen LogP contribution in [0.1, 0.15) is 25.7 Å². The van der Waals surface area contributed by atoms with Crippen LogP contribution in [0.2, 0.25) is 0 Å². The highest BCUT2D eigenvalue weighted by Crippen LogP contribution is 2.31. The van der Waals surface area contributed by atoms with Gasteiger partial charge in [-0.05, 0) is 31.0 Å². The Hall–Kier alpha value is -1.29. The van der Waals surface area contributed by atoms with Crippen molar-refractivity contribution in [1.29, 1.82) is 0 Å². The van der Waals surface area contributed by atoms with Crippen molar-refractivity contribution in [2.45, 2.75) is 35.8 Å². The molecule has 150 valence electrons. The normalized spacial score (nSPS) is 19.1. The smallest absolute Gasteiger partial charge is 0.243 e. The molecule has 2 fully saturated rings. The van der Waals surface area contributed by atoms with Gasteiger partial charge in [-0.3, -0.25) is 4.79 Å². The summed E-state index contributed by atoms with van der Waals surface area (Å²) in [6.07, 6.45) is 4.78. The third kappa shape index (κ3) is 5.16. The maximum Gasteiger partial charge on any atom is 0.243 e. The van der Waals surface area contributed by atoms with Crippen LogP contribution in [0, 0.1) is 0 Å². The quantitative estimate of drug-likeness (QED) is 0.737. The standard InChI is InChI=1S/C18H26N2O5S2/c1-24-17-7-6-15(27(22,23)20-8-10-25-11-9-20)12-16(17)19-18(21)13-26-14-4-2-3-5-14/h6-7,12,14H,2-5,8-11,13H2,1H3,(H,19,21). The molecule has 1 saturated carbocycles. The summed E-state index contributed by atoms with van der Waals surface area (Å²) in [5.74, 6) is 0.648. The van der Waals surface area contributed by atoms with Crippen LogP contribution in [0.4, 0.5) is 5.69 Å². The molecule has 0 bridgehead atoms. The first-order valence-corrected chi connectivity index (χ1v) is 11.7. The molecule has 0 unspecified atom stereocenters. The van der Waals surface area contributed by atoms with E-state index in [9.17, 15) is 13.2 Å². The molecule has 3 rings (SSSR count). The van der Waals surface area contributed by atoms with Crippen molar-refractivity contribution in [2.24, 2.45) is 0 Å². The number of nitrogens with one attached hydrogen (secondary N) is 1. The van der Waals surface area contributed by atoms with Crippen molar-refractivity contribution < 1.29 is 22.7 Å². The minimum absolute atomic E-state index is 0.143. The summed E-state index contributed by atoms with van der Waals surface area (Å²) in [6, 6.07) is 4.56. The van der Waals surface area contributed by atoms with Crippen LogP contribution in [0.25, 0.3) is 0 Å². The van der Waals surface area contributed by atoms with E-state index < -0.39 is 10.0 Å². The van der Waals surface area contributed by atoms with Gasteiger partial charge < -0.3 is 14.8 Å². The number of methoxy groups -OCH3 is 1. The second-order valence-corrected chi connectivity index (χ2v) is 9.87. The van der Waals surface area contributed by atoms with E-state index in [2.05, 4.69) is 5.32 Å². The summed E-state index contributed by atoms with van der Waals surface area (Å²) in [5.41, 5.74) is 0.379. The number of rotatable bonds is 7. The molecule has 1 N–H and O–H groups in total. The second-order valence-electron chi connectivity index (χ2n) is 6.64. The number of thioether (sulfide) groups is 1. The molecule has 1 amide bonds. The molecule has 7 nitrogen and oxygen atoms in total. The highest BCUT2D eigenvalue weighted by molar-refractivity contribution is 8.00. The van der Waals surface area contributed by atoms with E-state index in [4.69, 9.17) is 9.47 Å². The Kier molecular flexibility index (Phi) is 7.02. The molecule has 0 aromatic heterocycles. The summed E-state index contributed by atoms with van der Waals surface area (Å²) < 4.78 is 37.6. The summed E-state index contributed by atoms with van der Waals surface area (Å²) in [5, 5.41) is 3.36. The predicted octanol–water partition coefficient (Wildman–Crippen LogP) is 2.33. The monoisotopic (exact) mass is 414 g/mol. The minimum Gasteiger partial charge on any atom is -0.495 e. The van der Waals surface area contributed by atoms with Gasteiger partial charge in [-0.25, -0.2) is 8.42 Å². The zero-order valence-corrected chi connectivity index (χ0v) is 17.1. The lowest BCUT2D eigenvalue weighted by atomic mass is 10.3. The number of sulfonamides is 1. The molecular weight excluding hydrogens is 388 g/mol. The van der Waals surface area contributed by atoms with Gasteiger partial charge in [0, 0.05) is 18.3 Å². The number of hydrogen-bond acceptors (Lipinski definition) is 6. The van der Waals surface area contributed by atoms with Gasteiger partial charge in [0.1, 0.15) is 5.75 Å². The van der Waals surface area contributed by atoms with Gasteiger partial charge in [0.15, 0.2) is 0 Å². The molecule has 1 aliphatic carbocycles. The molecule has 2 aliphatic rings. The number of nitrogens with zero attached hydrogens (tertiary/aromatic N) is 1. The van der Waals surface area contributed by atoms with E-state index in [1.54, 1.807) is 17.8 Å². The lowest BCUT2D eigenvalue weighted by Crippen LogP contribution is -2.40. The Morgan fingerprint density at radius 1 is 1.30 bits per heavy atom. The van der Waals surface area contributed by atoms with Gasteiger partial charge >= 0.3 is 0 Å². The summed E-state index contributed by atoms with van der Waals surface area (Å²) in [4.78, 5) is 12.5. The molecule has 0 spiro atoms. The first-order valence-electron chi connectivity index (χ1n) is 9.18. The van der Waals surface area contributed by atoms with Crippen LogP contribution in [-0.4, -0.2) is 63.0 Å². The van der Waals surface area contributed by atoms with Crippen LogP contribution in [0.5, 0.6) is 5.75 Å². The fourth-order valence-electron chi connectivity index (χ4n) is 3.32. The number of morpholine rings is 1. The van der Waals surface area contributed by atoms with Crippen LogP contribution < -0.4 is 10.1 Å². The average Bonchev–Trinajstić information content (AvgIpc) is 3.20. The van der Waals surface area contributed by atoms with Gasteiger partial charge in [-0.15, -0.1) is 11.8 Å². The van der Waals surface area contributed by atoms with E-state index in [0.717, 1.165) is 12.8 Å². The van der Waals surface area contributed by atoms with E-state index >= 15 is 0 Å². The average molecular weight is 415 g/mol. The summed E-state index contributed by atoms with van der Waals surface area (Å²) in [6.45, 7) is 1.43. The first kappa shape index (κ1) is 20.4. The molecule has 1 aliphatic heterocycles. The van der Waals surface area contributed by atoms with Gasteiger partial charge in [0.05, 0.1) is 36.7 Å². The third-order valence-corrected chi connectivity index (χ3v) is 8.07. The highest BCUT2D eigenvalue weighted by Gasteiger charge is 2.27. The number of hydrogen-bond donors (Lipinski definition) is 1. The largest absolute Gasteiger partial charge is 0.495 e. The SMILES string of the molecule is COc1ccc(S(=O)(=O)N2CCOCC2)cc1NC(=O)CSC1CCCC1. The number of anilines is 1. The Morgan fingerprint density at radius 3 is 2.67 bits per heavy atom. The van der Waals surface area contributed by atoms with Crippen molar-refractivity contribution in [1.82, 2.24) is 4.31 Å². The fourth-order valence-corrected chi connectivity index (χ4v) is 5.88. The van der Waals surface area contributed by atoms with Crippen LogP contribution in [0.15, 0.2) is 23.1 Å². The molecule has 1 saturated heterocycles. The summed E-state index contributed by atoms with van der Waals surface area (Å²) >= 11 is 1.66. The molecule has 27 heavy (non-hydrogen) atoms. The molecular formula is C18H26N2O5S2. The second kappa shape index (κ2) is 9.27. The number of benzene rings is 1. The fraction of sp³-hybridized carbons (Fsp3) is 0.611. The number of ether oxygens (including phenoxy) is 2. The maximum absolute atomic E-state index is 12.8. The molecule has 1 aromatic rings. The van der Waals surface area contributed by atoms with Gasteiger partial charge in [0.25, 0.3) is 0 Å². The van der Waals surface area contributed by atoms with Crippen LogP contribution >= 0.6 is 11.8 Å². The van der Waals surface area contributed by atoms with E-state index in [-0.39, 0.29) is 10.8 Å². The number of carbonyl (C=O) groups excluding carboxylic acids is 1. The molecule has 1 aromatic carbocycles. The van der Waals surface area contributed by atoms with E-state index in [0.29, 0.717) is 48.7 Å². The Morgan fingerprint density at radius 2 is 2.00 bits per heavy atom. The van der Waals surface area contributed by atoms with Gasteiger partial charge in [-0.1, -0.05) is 12.8 Å². The van der Waals surface area contributed by atoms with Gasteiger partial charge in [-0.2, -0.15) is 4.31 Å². The number of carbonyl (C=O) groups is 1. The third-order valence-electron chi connectivity index (χ3n) is 4.81.